The molecule has 4 nitrogen and oxygen atoms in total. The van der Waals surface area contributed by atoms with Gasteiger partial charge in [-0.3, -0.25) is 0 Å². The van der Waals surface area contributed by atoms with Gasteiger partial charge in [0.15, 0.2) is 5.69 Å². The molecule has 0 unspecified atom stereocenters. The Morgan fingerprint density at radius 1 is 1.56 bits per heavy atom. The van der Waals surface area contributed by atoms with Crippen molar-refractivity contribution in [1.29, 1.82) is 0 Å². The molecule has 0 amide bonds. The Labute approximate surface area is 99.9 Å². The Morgan fingerprint density at radius 2 is 2.19 bits per heavy atom. The van der Waals surface area contributed by atoms with Gasteiger partial charge in [0, 0.05) is 12.6 Å². The van der Waals surface area contributed by atoms with Crippen molar-refractivity contribution in [2.24, 2.45) is 0 Å². The minimum Gasteiger partial charge on any atom is -0.476 e. The van der Waals surface area contributed by atoms with E-state index in [0.29, 0.717) is 5.82 Å². The first-order chi connectivity index (χ1) is 7.47. The summed E-state index contributed by atoms with van der Waals surface area (Å²) < 4.78 is 0. The lowest BCUT2D eigenvalue weighted by Gasteiger charge is -2.26. The number of carboxylic acids is 1. The topological polar surface area (TPSA) is 53.4 Å². The molecule has 0 aliphatic heterocycles. The van der Waals surface area contributed by atoms with Gasteiger partial charge in [0.05, 0.1) is 5.02 Å². The van der Waals surface area contributed by atoms with E-state index in [1.165, 1.54) is 0 Å². The third kappa shape index (κ3) is 2.64. The lowest BCUT2D eigenvalue weighted by Crippen LogP contribution is -2.31. The lowest BCUT2D eigenvalue weighted by atomic mass is 10.3. The van der Waals surface area contributed by atoms with Crippen molar-refractivity contribution in [2.45, 2.75) is 26.8 Å². The molecular weight excluding hydrogens is 228 g/mol. The monoisotopic (exact) mass is 242 g/mol. The highest BCUT2D eigenvalue weighted by Gasteiger charge is 2.15. The van der Waals surface area contributed by atoms with Crippen LogP contribution in [-0.4, -0.2) is 28.6 Å². The molecule has 1 N–H and O–H groups in total. The van der Waals surface area contributed by atoms with Gasteiger partial charge in [-0.1, -0.05) is 11.6 Å². The molecule has 0 aliphatic carbocycles. The SMILES string of the molecule is CCN(c1ccc(Cl)c(C(=O)O)n1)C(C)C. The van der Waals surface area contributed by atoms with Crippen molar-refractivity contribution < 1.29 is 9.90 Å². The fourth-order valence-corrected chi connectivity index (χ4v) is 1.72. The van der Waals surface area contributed by atoms with Crippen molar-refractivity contribution in [3.05, 3.63) is 22.8 Å². The molecule has 0 radical (unpaired) electrons. The number of hydrogen-bond donors (Lipinski definition) is 1. The molecular formula is C11H15ClN2O2. The number of hydrogen-bond acceptors (Lipinski definition) is 3. The van der Waals surface area contributed by atoms with E-state index in [9.17, 15) is 4.79 Å². The van der Waals surface area contributed by atoms with Gasteiger partial charge in [-0.25, -0.2) is 9.78 Å². The van der Waals surface area contributed by atoms with E-state index in [-0.39, 0.29) is 16.8 Å². The molecule has 0 atom stereocenters. The third-order valence-corrected chi connectivity index (χ3v) is 2.60. The van der Waals surface area contributed by atoms with Crippen LogP contribution in [0.25, 0.3) is 0 Å². The second-order valence-electron chi connectivity index (χ2n) is 3.68. The fraction of sp³-hybridized carbons (Fsp3) is 0.455. The van der Waals surface area contributed by atoms with Crippen LogP contribution >= 0.6 is 11.6 Å². The van der Waals surface area contributed by atoms with E-state index in [1.807, 2.05) is 25.7 Å². The van der Waals surface area contributed by atoms with Crippen molar-refractivity contribution in [2.75, 3.05) is 11.4 Å². The standard InChI is InChI=1S/C11H15ClN2O2/c1-4-14(7(2)3)9-6-5-8(12)10(13-9)11(15)16/h5-7H,4H2,1-3H3,(H,15,16). The zero-order chi connectivity index (χ0) is 12.3. The van der Waals surface area contributed by atoms with Crippen LogP contribution in [0.1, 0.15) is 31.3 Å². The Kier molecular flexibility index (Phi) is 4.12. The fourth-order valence-electron chi connectivity index (χ4n) is 1.53. The van der Waals surface area contributed by atoms with E-state index < -0.39 is 5.97 Å². The number of nitrogens with zero attached hydrogens (tertiary/aromatic N) is 2. The van der Waals surface area contributed by atoms with Crippen LogP contribution in [0.5, 0.6) is 0 Å². The smallest absolute Gasteiger partial charge is 0.356 e. The molecule has 0 saturated heterocycles. The van der Waals surface area contributed by atoms with Gasteiger partial charge in [-0.2, -0.15) is 0 Å². The molecule has 0 aliphatic rings. The first-order valence-corrected chi connectivity index (χ1v) is 5.51. The van der Waals surface area contributed by atoms with Crippen molar-refractivity contribution in [3.8, 4) is 0 Å². The molecule has 0 aromatic carbocycles. The number of aromatic carboxylic acids is 1. The Morgan fingerprint density at radius 3 is 2.62 bits per heavy atom. The Hall–Kier alpha value is -1.29. The van der Waals surface area contributed by atoms with Gasteiger partial charge in [-0.05, 0) is 32.9 Å². The summed E-state index contributed by atoms with van der Waals surface area (Å²) in [5, 5.41) is 9.08. The summed E-state index contributed by atoms with van der Waals surface area (Å²) in [6.07, 6.45) is 0. The molecule has 5 heteroatoms. The molecule has 1 rings (SSSR count). The number of rotatable bonds is 4. The minimum absolute atomic E-state index is 0.0988. The average molecular weight is 243 g/mol. The van der Waals surface area contributed by atoms with Crippen molar-refractivity contribution in [1.82, 2.24) is 4.98 Å². The van der Waals surface area contributed by atoms with Crippen LogP contribution in [0.15, 0.2) is 12.1 Å². The molecule has 1 heterocycles. The summed E-state index contributed by atoms with van der Waals surface area (Å²) in [5.41, 5.74) is -0.0988. The highest BCUT2D eigenvalue weighted by Crippen LogP contribution is 2.20. The quantitative estimate of drug-likeness (QED) is 0.882. The number of carbonyl (C=O) groups is 1. The number of halogens is 1. The molecule has 0 spiro atoms. The van der Waals surface area contributed by atoms with Crippen LogP contribution in [0.4, 0.5) is 5.82 Å². The van der Waals surface area contributed by atoms with E-state index >= 15 is 0 Å². The molecule has 16 heavy (non-hydrogen) atoms. The highest BCUT2D eigenvalue weighted by molar-refractivity contribution is 6.33. The van der Waals surface area contributed by atoms with E-state index in [4.69, 9.17) is 16.7 Å². The lowest BCUT2D eigenvalue weighted by molar-refractivity contribution is 0.0691. The predicted octanol–water partition coefficient (Wildman–Crippen LogP) is 2.67. The van der Waals surface area contributed by atoms with Gasteiger partial charge >= 0.3 is 5.97 Å². The molecule has 88 valence electrons. The summed E-state index contributed by atoms with van der Waals surface area (Å²) in [6, 6.07) is 3.57. The van der Waals surface area contributed by atoms with Gasteiger partial charge in [0.2, 0.25) is 0 Å². The van der Waals surface area contributed by atoms with Crippen LogP contribution in [0, 0.1) is 0 Å². The van der Waals surface area contributed by atoms with Gasteiger partial charge in [0.1, 0.15) is 5.82 Å². The molecule has 0 fully saturated rings. The average Bonchev–Trinajstić information content (AvgIpc) is 2.20. The summed E-state index contributed by atoms with van der Waals surface area (Å²) in [5.74, 6) is -0.467. The molecule has 0 bridgehead atoms. The maximum atomic E-state index is 10.9. The van der Waals surface area contributed by atoms with Gasteiger partial charge in [-0.15, -0.1) is 0 Å². The maximum Gasteiger partial charge on any atom is 0.356 e. The molecule has 1 aromatic heterocycles. The van der Waals surface area contributed by atoms with Crippen LogP contribution < -0.4 is 4.90 Å². The van der Waals surface area contributed by atoms with Crippen LogP contribution in [-0.2, 0) is 0 Å². The maximum absolute atomic E-state index is 10.9. The Balaban J connectivity index is 3.15. The third-order valence-electron chi connectivity index (χ3n) is 2.29. The summed E-state index contributed by atoms with van der Waals surface area (Å²) in [6.45, 7) is 6.82. The zero-order valence-corrected chi connectivity index (χ0v) is 10.3. The van der Waals surface area contributed by atoms with Crippen LogP contribution in [0.3, 0.4) is 0 Å². The second-order valence-corrected chi connectivity index (χ2v) is 4.09. The second kappa shape index (κ2) is 5.16. The number of carboxylic acid groups (broad SMARTS) is 1. The van der Waals surface area contributed by atoms with Gasteiger partial charge < -0.3 is 10.0 Å². The van der Waals surface area contributed by atoms with Crippen LogP contribution in [0.2, 0.25) is 5.02 Å². The number of aromatic nitrogens is 1. The molecule has 0 saturated carbocycles. The minimum atomic E-state index is -1.10. The van der Waals surface area contributed by atoms with Gasteiger partial charge in [0.25, 0.3) is 0 Å². The van der Waals surface area contributed by atoms with Crippen molar-refractivity contribution >= 4 is 23.4 Å². The van der Waals surface area contributed by atoms with E-state index in [1.54, 1.807) is 12.1 Å². The summed E-state index contributed by atoms with van der Waals surface area (Å²) in [4.78, 5) is 17.0. The predicted molar refractivity (Wildman–Crippen MR) is 64.4 cm³/mol. The van der Waals surface area contributed by atoms with Crippen molar-refractivity contribution in [3.63, 3.8) is 0 Å². The number of pyridine rings is 1. The van der Waals surface area contributed by atoms with E-state index in [0.717, 1.165) is 6.54 Å². The highest BCUT2D eigenvalue weighted by atomic mass is 35.5. The molecule has 1 aromatic rings. The Bertz CT molecular complexity index is 394. The summed E-state index contributed by atoms with van der Waals surface area (Å²) >= 11 is 5.76. The normalized spacial score (nSPS) is 10.6. The largest absolute Gasteiger partial charge is 0.476 e. The van der Waals surface area contributed by atoms with E-state index in [2.05, 4.69) is 4.98 Å². The zero-order valence-electron chi connectivity index (χ0n) is 9.57. The summed E-state index contributed by atoms with van der Waals surface area (Å²) in [7, 11) is 0. The number of anilines is 1. The first kappa shape index (κ1) is 12.8. The first-order valence-electron chi connectivity index (χ1n) is 5.13.